The predicted octanol–water partition coefficient (Wildman–Crippen LogP) is 3.29. The molecular weight excluding hydrogens is 224 g/mol. The molecular formula is C12H11ClN2O. The van der Waals surface area contributed by atoms with Crippen LogP contribution in [0.4, 0.5) is 0 Å². The lowest BCUT2D eigenvalue weighted by atomic mass is 10.3. The number of fused-ring (bicyclic) bond motifs is 1. The summed E-state index contributed by atoms with van der Waals surface area (Å²) >= 11 is 6.02. The minimum absolute atomic E-state index is 0.317. The Kier molecular flexibility index (Phi) is 3.06. The summed E-state index contributed by atoms with van der Waals surface area (Å²) in [6.45, 7) is 6.19. The van der Waals surface area contributed by atoms with Gasteiger partial charge in [-0.25, -0.2) is 9.97 Å². The summed E-state index contributed by atoms with van der Waals surface area (Å²) in [7, 11) is 0. The first-order chi connectivity index (χ1) is 7.72. The highest BCUT2D eigenvalue weighted by Gasteiger charge is 2.10. The maximum absolute atomic E-state index is 6.02. The van der Waals surface area contributed by atoms with E-state index in [1.807, 2.05) is 31.2 Å². The number of rotatable bonds is 3. The number of nitrogens with zero attached hydrogens (tertiary/aromatic N) is 2. The Morgan fingerprint density at radius 3 is 2.56 bits per heavy atom. The highest BCUT2D eigenvalue weighted by Crippen LogP contribution is 2.22. The number of benzene rings is 1. The molecule has 0 bridgehead atoms. The first kappa shape index (κ1) is 10.9. The number of aromatic nitrogens is 2. The summed E-state index contributed by atoms with van der Waals surface area (Å²) in [4.78, 5) is 8.62. The molecule has 16 heavy (non-hydrogen) atoms. The second-order valence-corrected chi connectivity index (χ2v) is 3.57. The monoisotopic (exact) mass is 234 g/mol. The molecule has 0 saturated carbocycles. The van der Waals surface area contributed by atoms with Gasteiger partial charge in [0.25, 0.3) is 0 Å². The fourth-order valence-corrected chi connectivity index (χ4v) is 1.64. The van der Waals surface area contributed by atoms with Gasteiger partial charge in [0.1, 0.15) is 11.5 Å². The number of para-hydroxylation sites is 2. The van der Waals surface area contributed by atoms with Crippen molar-refractivity contribution in [1.29, 1.82) is 0 Å². The van der Waals surface area contributed by atoms with Crippen molar-refractivity contribution in [3.8, 4) is 0 Å². The van der Waals surface area contributed by atoms with Gasteiger partial charge in [0.2, 0.25) is 0 Å². The lowest BCUT2D eigenvalue weighted by Crippen LogP contribution is -1.97. The van der Waals surface area contributed by atoms with E-state index >= 15 is 0 Å². The number of halogens is 1. The third-order valence-corrected chi connectivity index (χ3v) is 2.37. The van der Waals surface area contributed by atoms with Gasteiger partial charge >= 0.3 is 0 Å². The van der Waals surface area contributed by atoms with Crippen LogP contribution in [0.1, 0.15) is 12.6 Å². The standard InChI is InChI=1S/C12H11ClN2O/c1-3-16-8(2)11-12(13)15-10-7-5-4-6-9(10)14-11/h4-7H,2-3H2,1H3. The van der Waals surface area contributed by atoms with E-state index in [2.05, 4.69) is 16.5 Å². The summed E-state index contributed by atoms with van der Waals surface area (Å²) in [5.74, 6) is 0.450. The van der Waals surface area contributed by atoms with Crippen molar-refractivity contribution < 1.29 is 4.74 Å². The molecule has 2 rings (SSSR count). The van der Waals surface area contributed by atoms with Crippen molar-refractivity contribution in [3.63, 3.8) is 0 Å². The molecule has 0 saturated heterocycles. The molecule has 1 heterocycles. The van der Waals surface area contributed by atoms with Crippen molar-refractivity contribution in [2.45, 2.75) is 6.92 Å². The predicted molar refractivity (Wildman–Crippen MR) is 65.2 cm³/mol. The molecule has 1 aromatic heterocycles. The second-order valence-electron chi connectivity index (χ2n) is 3.21. The van der Waals surface area contributed by atoms with Gasteiger partial charge in [-0.1, -0.05) is 30.3 Å². The summed E-state index contributed by atoms with van der Waals surface area (Å²) in [6, 6.07) is 7.53. The number of ether oxygens (including phenoxy) is 1. The summed E-state index contributed by atoms with van der Waals surface area (Å²) in [6.07, 6.45) is 0. The first-order valence-corrected chi connectivity index (χ1v) is 5.34. The molecule has 0 amide bonds. The van der Waals surface area contributed by atoms with Crippen LogP contribution in [0, 0.1) is 0 Å². The summed E-state index contributed by atoms with van der Waals surface area (Å²) < 4.78 is 5.28. The molecule has 0 fully saturated rings. The van der Waals surface area contributed by atoms with Gasteiger partial charge in [-0.15, -0.1) is 0 Å². The van der Waals surface area contributed by atoms with E-state index < -0.39 is 0 Å². The third-order valence-electron chi connectivity index (χ3n) is 2.11. The van der Waals surface area contributed by atoms with Gasteiger partial charge in [0, 0.05) is 0 Å². The first-order valence-electron chi connectivity index (χ1n) is 4.96. The minimum atomic E-state index is 0.317. The molecule has 0 aliphatic carbocycles. The molecule has 82 valence electrons. The van der Waals surface area contributed by atoms with Crippen molar-refractivity contribution in [2.75, 3.05) is 6.61 Å². The molecule has 3 nitrogen and oxygen atoms in total. The smallest absolute Gasteiger partial charge is 0.159 e. The molecule has 0 spiro atoms. The van der Waals surface area contributed by atoms with Crippen LogP contribution in [0.3, 0.4) is 0 Å². The average Bonchev–Trinajstić information content (AvgIpc) is 2.28. The zero-order valence-corrected chi connectivity index (χ0v) is 9.66. The van der Waals surface area contributed by atoms with Crippen LogP contribution in [0.2, 0.25) is 5.15 Å². The van der Waals surface area contributed by atoms with Crippen LogP contribution in [-0.4, -0.2) is 16.6 Å². The summed E-state index contributed by atoms with van der Waals surface area (Å²) in [5.41, 5.74) is 2.05. The fraction of sp³-hybridized carbons (Fsp3) is 0.167. The van der Waals surface area contributed by atoms with Crippen LogP contribution in [0.25, 0.3) is 16.8 Å². The van der Waals surface area contributed by atoms with Crippen LogP contribution in [-0.2, 0) is 4.74 Å². The van der Waals surface area contributed by atoms with E-state index in [0.717, 1.165) is 11.0 Å². The largest absolute Gasteiger partial charge is 0.492 e. The Hall–Kier alpha value is -1.61. The Morgan fingerprint density at radius 2 is 1.94 bits per heavy atom. The fourth-order valence-electron chi connectivity index (χ4n) is 1.40. The van der Waals surface area contributed by atoms with Crippen LogP contribution >= 0.6 is 11.6 Å². The van der Waals surface area contributed by atoms with Crippen molar-refractivity contribution in [3.05, 3.63) is 41.7 Å². The molecule has 0 aliphatic rings. The Bertz CT molecular complexity index is 540. The van der Waals surface area contributed by atoms with E-state index in [-0.39, 0.29) is 0 Å². The third kappa shape index (κ3) is 1.99. The maximum Gasteiger partial charge on any atom is 0.159 e. The van der Waals surface area contributed by atoms with E-state index in [4.69, 9.17) is 16.3 Å². The lowest BCUT2D eigenvalue weighted by molar-refractivity contribution is 0.298. The molecule has 2 aromatic rings. The minimum Gasteiger partial charge on any atom is -0.492 e. The Morgan fingerprint density at radius 1 is 1.31 bits per heavy atom. The molecule has 4 heteroatoms. The Balaban J connectivity index is 2.54. The highest BCUT2D eigenvalue weighted by atomic mass is 35.5. The molecule has 0 N–H and O–H groups in total. The molecule has 1 aromatic carbocycles. The van der Waals surface area contributed by atoms with E-state index in [1.54, 1.807) is 0 Å². The Labute approximate surface area is 98.7 Å². The van der Waals surface area contributed by atoms with Gasteiger partial charge < -0.3 is 4.74 Å². The maximum atomic E-state index is 6.02. The summed E-state index contributed by atoms with van der Waals surface area (Å²) in [5, 5.41) is 0.317. The van der Waals surface area contributed by atoms with E-state index in [1.165, 1.54) is 0 Å². The lowest BCUT2D eigenvalue weighted by Gasteiger charge is -2.08. The molecule has 0 aliphatic heterocycles. The number of hydrogen-bond donors (Lipinski definition) is 0. The van der Waals surface area contributed by atoms with Crippen molar-refractivity contribution in [2.24, 2.45) is 0 Å². The van der Waals surface area contributed by atoms with Crippen LogP contribution < -0.4 is 0 Å². The average molecular weight is 235 g/mol. The highest BCUT2D eigenvalue weighted by molar-refractivity contribution is 6.31. The van der Waals surface area contributed by atoms with Gasteiger partial charge in [0.05, 0.1) is 17.6 Å². The van der Waals surface area contributed by atoms with E-state index in [0.29, 0.717) is 23.2 Å². The topological polar surface area (TPSA) is 35.0 Å². The zero-order chi connectivity index (χ0) is 11.5. The van der Waals surface area contributed by atoms with E-state index in [9.17, 15) is 0 Å². The molecule has 0 radical (unpaired) electrons. The number of hydrogen-bond acceptors (Lipinski definition) is 3. The molecule has 0 unspecified atom stereocenters. The quantitative estimate of drug-likeness (QED) is 0.765. The van der Waals surface area contributed by atoms with Crippen LogP contribution in [0.15, 0.2) is 30.8 Å². The van der Waals surface area contributed by atoms with Crippen molar-refractivity contribution in [1.82, 2.24) is 9.97 Å². The van der Waals surface area contributed by atoms with Gasteiger partial charge in [0.15, 0.2) is 5.15 Å². The van der Waals surface area contributed by atoms with Gasteiger partial charge in [-0.3, -0.25) is 0 Å². The normalized spacial score (nSPS) is 10.4. The molecule has 0 atom stereocenters. The zero-order valence-electron chi connectivity index (χ0n) is 8.90. The van der Waals surface area contributed by atoms with Gasteiger partial charge in [-0.05, 0) is 19.1 Å². The van der Waals surface area contributed by atoms with Crippen LogP contribution in [0.5, 0.6) is 0 Å². The SMILES string of the molecule is C=C(OCC)c1nc2ccccc2nc1Cl. The van der Waals surface area contributed by atoms with Gasteiger partial charge in [-0.2, -0.15) is 0 Å². The second kappa shape index (κ2) is 4.49. The van der Waals surface area contributed by atoms with Crippen molar-refractivity contribution >= 4 is 28.4 Å².